The molecule has 1 fully saturated rings. The molecule has 6 nitrogen and oxygen atoms in total. The van der Waals surface area contributed by atoms with E-state index in [1.165, 1.54) is 18.6 Å². The normalized spacial score (nSPS) is 16.5. The fraction of sp³-hybridized carbons (Fsp3) is 0.364. The number of aromatic amines is 1. The first-order valence-electron chi connectivity index (χ1n) is 5.77. The second-order valence-corrected chi connectivity index (χ2v) is 4.09. The lowest BCUT2D eigenvalue weighted by atomic mass is 10.4. The van der Waals surface area contributed by atoms with Crippen LogP contribution >= 0.6 is 0 Å². The lowest BCUT2D eigenvalue weighted by molar-refractivity contribution is 0.397. The van der Waals surface area contributed by atoms with Crippen LogP contribution in [0.5, 0.6) is 0 Å². The molecule has 0 unspecified atom stereocenters. The second kappa shape index (κ2) is 4.59. The van der Waals surface area contributed by atoms with Crippen LogP contribution in [0.1, 0.15) is 24.4 Å². The van der Waals surface area contributed by atoms with Crippen molar-refractivity contribution in [2.24, 2.45) is 0 Å². The third-order valence-electron chi connectivity index (χ3n) is 2.81. The van der Waals surface area contributed by atoms with Gasteiger partial charge in [-0.15, -0.1) is 0 Å². The Morgan fingerprint density at radius 1 is 1.44 bits per heavy atom. The number of H-pyrrole nitrogens is 1. The van der Waals surface area contributed by atoms with Gasteiger partial charge in [0.25, 0.3) is 11.8 Å². The van der Waals surface area contributed by atoms with E-state index in [4.69, 9.17) is 4.52 Å². The minimum Gasteiger partial charge on any atom is -0.345 e. The van der Waals surface area contributed by atoms with Crippen molar-refractivity contribution in [2.75, 3.05) is 18.0 Å². The predicted molar refractivity (Wildman–Crippen MR) is 63.3 cm³/mol. The van der Waals surface area contributed by atoms with E-state index in [1.807, 2.05) is 4.90 Å². The number of hydrogen-bond donors (Lipinski definition) is 1. The number of rotatable bonds is 3. The first-order valence-corrected chi connectivity index (χ1v) is 5.77. The van der Waals surface area contributed by atoms with Crippen molar-refractivity contribution in [3.05, 3.63) is 24.1 Å². The van der Waals surface area contributed by atoms with Gasteiger partial charge < -0.3 is 14.4 Å². The molecular formula is C11H12FN5O. The van der Waals surface area contributed by atoms with Crippen LogP contribution in [-0.4, -0.2) is 33.2 Å². The Balaban J connectivity index is 1.80. The summed E-state index contributed by atoms with van der Waals surface area (Å²) in [6.45, 7) is 1.79. The molecule has 0 aromatic carbocycles. The lowest BCUT2D eigenvalue weighted by Crippen LogP contribution is -2.18. The van der Waals surface area contributed by atoms with Crippen LogP contribution in [-0.2, 0) is 0 Å². The summed E-state index contributed by atoms with van der Waals surface area (Å²) < 4.78 is 18.7. The SMILES string of the molecule is F/C(=C/c1cnc[nH]1)c1nc(N2CCCC2)no1. The number of anilines is 1. The Hall–Kier alpha value is -2.18. The number of nitrogens with zero attached hydrogens (tertiary/aromatic N) is 4. The molecule has 0 atom stereocenters. The third-order valence-corrected chi connectivity index (χ3v) is 2.81. The quantitative estimate of drug-likeness (QED) is 0.899. The summed E-state index contributed by atoms with van der Waals surface area (Å²) in [5, 5.41) is 3.78. The van der Waals surface area contributed by atoms with Gasteiger partial charge in [0.1, 0.15) is 0 Å². The lowest BCUT2D eigenvalue weighted by Gasteiger charge is -2.09. The maximum absolute atomic E-state index is 13.8. The van der Waals surface area contributed by atoms with E-state index >= 15 is 0 Å². The zero-order chi connectivity index (χ0) is 12.4. The van der Waals surface area contributed by atoms with Crippen molar-refractivity contribution in [2.45, 2.75) is 12.8 Å². The first kappa shape index (κ1) is 10.9. The van der Waals surface area contributed by atoms with Gasteiger partial charge in [-0.2, -0.15) is 4.98 Å². The van der Waals surface area contributed by atoms with Gasteiger partial charge in [0.15, 0.2) is 5.83 Å². The summed E-state index contributed by atoms with van der Waals surface area (Å²) in [7, 11) is 0. The van der Waals surface area contributed by atoms with Gasteiger partial charge in [-0.05, 0) is 18.0 Å². The van der Waals surface area contributed by atoms with Gasteiger partial charge in [0, 0.05) is 19.2 Å². The van der Waals surface area contributed by atoms with Crippen molar-refractivity contribution in [1.29, 1.82) is 0 Å². The number of imidazole rings is 1. The second-order valence-electron chi connectivity index (χ2n) is 4.09. The fourth-order valence-corrected chi connectivity index (χ4v) is 1.90. The van der Waals surface area contributed by atoms with E-state index in [-0.39, 0.29) is 5.89 Å². The summed E-state index contributed by atoms with van der Waals surface area (Å²) in [5.74, 6) is -0.223. The van der Waals surface area contributed by atoms with Crippen LogP contribution in [0.4, 0.5) is 10.3 Å². The predicted octanol–water partition coefficient (Wildman–Crippen LogP) is 1.86. The minimum absolute atomic E-state index is 0.105. The van der Waals surface area contributed by atoms with Gasteiger partial charge in [-0.1, -0.05) is 0 Å². The molecule has 2 aromatic rings. The molecule has 3 heterocycles. The van der Waals surface area contributed by atoms with Crippen LogP contribution < -0.4 is 4.90 Å². The molecule has 1 saturated heterocycles. The van der Waals surface area contributed by atoms with Gasteiger partial charge in [0.05, 0.1) is 18.2 Å². The molecule has 0 bridgehead atoms. The average Bonchev–Trinajstić information content (AvgIpc) is 3.11. The molecule has 7 heteroatoms. The van der Waals surface area contributed by atoms with Gasteiger partial charge in [0.2, 0.25) is 0 Å². The van der Waals surface area contributed by atoms with Crippen molar-refractivity contribution in [3.63, 3.8) is 0 Å². The summed E-state index contributed by atoms with van der Waals surface area (Å²) in [5.41, 5.74) is 0.549. The van der Waals surface area contributed by atoms with E-state index in [1.54, 1.807) is 0 Å². The molecular weight excluding hydrogens is 237 g/mol. The van der Waals surface area contributed by atoms with E-state index in [0.29, 0.717) is 11.6 Å². The Morgan fingerprint density at radius 3 is 3.00 bits per heavy atom. The number of aromatic nitrogens is 4. The smallest absolute Gasteiger partial charge is 0.288 e. The summed E-state index contributed by atoms with van der Waals surface area (Å²) >= 11 is 0. The zero-order valence-corrected chi connectivity index (χ0v) is 9.64. The maximum Gasteiger partial charge on any atom is 0.288 e. The summed E-state index contributed by atoms with van der Waals surface area (Å²) in [6.07, 6.45) is 6.47. The Bertz CT molecular complexity index is 542. The highest BCUT2D eigenvalue weighted by molar-refractivity contribution is 5.71. The van der Waals surface area contributed by atoms with E-state index < -0.39 is 5.83 Å². The van der Waals surface area contributed by atoms with Crippen LogP contribution in [0.25, 0.3) is 11.9 Å². The van der Waals surface area contributed by atoms with Crippen LogP contribution in [0.3, 0.4) is 0 Å². The first-order chi connectivity index (χ1) is 8.83. The molecule has 0 spiro atoms. The van der Waals surface area contributed by atoms with Gasteiger partial charge in [-0.25, -0.2) is 9.37 Å². The fourth-order valence-electron chi connectivity index (χ4n) is 1.90. The summed E-state index contributed by atoms with van der Waals surface area (Å²) in [6, 6.07) is 0. The Kier molecular flexibility index (Phi) is 2.79. The van der Waals surface area contributed by atoms with E-state index in [0.717, 1.165) is 25.9 Å². The topological polar surface area (TPSA) is 70.8 Å². The van der Waals surface area contributed by atoms with Crippen molar-refractivity contribution >= 4 is 17.9 Å². The third kappa shape index (κ3) is 2.11. The highest BCUT2D eigenvalue weighted by atomic mass is 19.1. The molecule has 0 aliphatic carbocycles. The Labute approximate surface area is 103 Å². The highest BCUT2D eigenvalue weighted by Gasteiger charge is 2.19. The maximum atomic E-state index is 13.8. The average molecular weight is 249 g/mol. The number of halogens is 1. The van der Waals surface area contributed by atoms with Crippen molar-refractivity contribution < 1.29 is 8.91 Å². The molecule has 1 N–H and O–H groups in total. The molecule has 0 radical (unpaired) electrons. The van der Waals surface area contributed by atoms with Crippen LogP contribution in [0, 0.1) is 0 Å². The van der Waals surface area contributed by atoms with Crippen LogP contribution in [0.15, 0.2) is 17.0 Å². The molecule has 0 saturated carbocycles. The standard InChI is InChI=1S/C11H12FN5O/c12-9(5-8-6-13-7-14-8)10-15-11(16-18-10)17-3-1-2-4-17/h5-7H,1-4H2,(H,13,14)/b9-5+. The number of hydrogen-bond acceptors (Lipinski definition) is 5. The Morgan fingerprint density at radius 2 is 2.28 bits per heavy atom. The monoisotopic (exact) mass is 249 g/mol. The molecule has 18 heavy (non-hydrogen) atoms. The molecule has 94 valence electrons. The van der Waals surface area contributed by atoms with Gasteiger partial charge in [-0.3, -0.25) is 0 Å². The molecule has 2 aromatic heterocycles. The molecule has 1 aliphatic heterocycles. The minimum atomic E-state index is -0.572. The highest BCUT2D eigenvalue weighted by Crippen LogP contribution is 2.21. The zero-order valence-electron chi connectivity index (χ0n) is 9.64. The van der Waals surface area contributed by atoms with Gasteiger partial charge >= 0.3 is 0 Å². The van der Waals surface area contributed by atoms with E-state index in [2.05, 4.69) is 20.1 Å². The molecule has 1 aliphatic rings. The molecule has 3 rings (SSSR count). The van der Waals surface area contributed by atoms with Crippen molar-refractivity contribution in [3.8, 4) is 0 Å². The number of nitrogens with one attached hydrogen (secondary N) is 1. The van der Waals surface area contributed by atoms with Crippen LogP contribution in [0.2, 0.25) is 0 Å². The molecule has 0 amide bonds. The van der Waals surface area contributed by atoms with E-state index in [9.17, 15) is 4.39 Å². The summed E-state index contributed by atoms with van der Waals surface area (Å²) in [4.78, 5) is 12.6. The largest absolute Gasteiger partial charge is 0.345 e. The van der Waals surface area contributed by atoms with Crippen molar-refractivity contribution in [1.82, 2.24) is 20.1 Å².